The fraction of sp³-hybridized carbons (Fsp3) is 0.286. The Balaban J connectivity index is 2.09. The lowest BCUT2D eigenvalue weighted by molar-refractivity contribution is -0.119. The second-order valence-corrected chi connectivity index (χ2v) is 4.50. The van der Waals surface area contributed by atoms with Crippen LogP contribution in [0, 0.1) is 5.92 Å². The van der Waals surface area contributed by atoms with Crippen LogP contribution < -0.4 is 10.6 Å². The first-order valence-electron chi connectivity index (χ1n) is 6.26. The van der Waals surface area contributed by atoms with Crippen molar-refractivity contribution in [2.75, 3.05) is 18.9 Å². The van der Waals surface area contributed by atoms with Crippen molar-refractivity contribution in [2.24, 2.45) is 5.92 Å². The number of hydrogen-bond donors (Lipinski definition) is 3. The zero-order chi connectivity index (χ0) is 13.7. The zero-order valence-electron chi connectivity index (χ0n) is 11.1. The molecule has 1 aromatic carbocycles. The lowest BCUT2D eigenvalue weighted by atomic mass is 10.1. The van der Waals surface area contributed by atoms with Gasteiger partial charge in [-0.1, -0.05) is 19.1 Å². The number of carbonyl (C=O) groups excluding carboxylic acids is 1. The molecule has 0 aliphatic carbocycles. The number of aromatic nitrogens is 2. The second kappa shape index (κ2) is 6.15. The Morgan fingerprint density at radius 3 is 2.95 bits per heavy atom. The predicted octanol–water partition coefficient (Wildman–Crippen LogP) is 1.87. The lowest BCUT2D eigenvalue weighted by Crippen LogP contribution is -2.28. The number of anilines is 1. The quantitative estimate of drug-likeness (QED) is 0.766. The van der Waals surface area contributed by atoms with Gasteiger partial charge in [0.15, 0.2) is 0 Å². The van der Waals surface area contributed by atoms with E-state index in [1.54, 1.807) is 6.20 Å². The van der Waals surface area contributed by atoms with Crippen LogP contribution in [0.4, 0.5) is 5.69 Å². The van der Waals surface area contributed by atoms with E-state index in [0.717, 1.165) is 16.9 Å². The number of amides is 1. The van der Waals surface area contributed by atoms with Crippen LogP contribution in [0.2, 0.25) is 0 Å². The molecule has 1 heterocycles. The number of rotatable bonds is 5. The predicted molar refractivity (Wildman–Crippen MR) is 75.7 cm³/mol. The molecule has 3 N–H and O–H groups in total. The van der Waals surface area contributed by atoms with E-state index in [2.05, 4.69) is 20.8 Å². The van der Waals surface area contributed by atoms with E-state index in [1.807, 2.05) is 44.3 Å². The number of H-pyrrole nitrogens is 1. The van der Waals surface area contributed by atoms with Crippen LogP contribution in [0.25, 0.3) is 11.3 Å². The molecule has 0 spiro atoms. The van der Waals surface area contributed by atoms with Crippen LogP contribution in [0.5, 0.6) is 0 Å². The van der Waals surface area contributed by atoms with Gasteiger partial charge in [0.1, 0.15) is 0 Å². The molecule has 2 aromatic rings. The highest BCUT2D eigenvalue weighted by molar-refractivity contribution is 5.93. The van der Waals surface area contributed by atoms with Crippen LogP contribution in [-0.2, 0) is 4.79 Å². The standard InChI is InChI=1S/C14H18N4O/c1-10(9-15-2)14(19)17-12-5-3-4-11(8-12)13-6-7-16-18-13/h3-8,10,15H,9H2,1-2H3,(H,16,18)(H,17,19). The molecule has 1 unspecified atom stereocenters. The molecule has 0 saturated carbocycles. The zero-order valence-corrected chi connectivity index (χ0v) is 11.1. The van der Waals surface area contributed by atoms with E-state index in [-0.39, 0.29) is 11.8 Å². The van der Waals surface area contributed by atoms with Crippen molar-refractivity contribution in [1.29, 1.82) is 0 Å². The maximum absolute atomic E-state index is 11.9. The normalized spacial score (nSPS) is 12.1. The summed E-state index contributed by atoms with van der Waals surface area (Å²) in [5.41, 5.74) is 2.72. The minimum absolute atomic E-state index is 0.0103. The van der Waals surface area contributed by atoms with Crippen LogP contribution in [-0.4, -0.2) is 29.7 Å². The number of benzene rings is 1. The molecular formula is C14H18N4O. The number of nitrogens with one attached hydrogen (secondary N) is 3. The Bertz CT molecular complexity index is 536. The number of aromatic amines is 1. The summed E-state index contributed by atoms with van der Waals surface area (Å²) in [6.45, 7) is 2.55. The molecule has 5 nitrogen and oxygen atoms in total. The molecule has 1 amide bonds. The van der Waals surface area contributed by atoms with Gasteiger partial charge in [0.2, 0.25) is 5.91 Å². The minimum atomic E-state index is -0.0687. The maximum Gasteiger partial charge on any atom is 0.228 e. The Morgan fingerprint density at radius 2 is 2.26 bits per heavy atom. The molecule has 100 valence electrons. The number of hydrogen-bond acceptors (Lipinski definition) is 3. The Morgan fingerprint density at radius 1 is 1.42 bits per heavy atom. The Labute approximate surface area is 112 Å². The molecule has 0 aliphatic heterocycles. The summed E-state index contributed by atoms with van der Waals surface area (Å²) in [7, 11) is 1.84. The average molecular weight is 258 g/mol. The first-order chi connectivity index (χ1) is 9.20. The van der Waals surface area contributed by atoms with Crippen molar-refractivity contribution >= 4 is 11.6 Å². The van der Waals surface area contributed by atoms with E-state index >= 15 is 0 Å². The third kappa shape index (κ3) is 3.42. The molecular weight excluding hydrogens is 240 g/mol. The summed E-state index contributed by atoms with van der Waals surface area (Å²) in [5.74, 6) is -0.0584. The summed E-state index contributed by atoms with van der Waals surface area (Å²) in [6.07, 6.45) is 1.70. The van der Waals surface area contributed by atoms with Gasteiger partial charge in [0, 0.05) is 29.9 Å². The van der Waals surface area contributed by atoms with Gasteiger partial charge >= 0.3 is 0 Å². The molecule has 0 fully saturated rings. The van der Waals surface area contributed by atoms with Gasteiger partial charge in [0.05, 0.1) is 5.69 Å². The van der Waals surface area contributed by atoms with Gasteiger partial charge in [-0.2, -0.15) is 5.10 Å². The van der Waals surface area contributed by atoms with Gasteiger partial charge in [-0.15, -0.1) is 0 Å². The summed E-state index contributed by atoms with van der Waals surface area (Å²) in [6, 6.07) is 9.58. The molecule has 5 heteroatoms. The summed E-state index contributed by atoms with van der Waals surface area (Å²) >= 11 is 0. The van der Waals surface area contributed by atoms with E-state index in [1.165, 1.54) is 0 Å². The molecule has 0 aliphatic rings. The Kier molecular flexibility index (Phi) is 4.30. The van der Waals surface area contributed by atoms with Crippen LogP contribution >= 0.6 is 0 Å². The lowest BCUT2D eigenvalue weighted by Gasteiger charge is -2.12. The highest BCUT2D eigenvalue weighted by Gasteiger charge is 2.12. The molecule has 1 atom stereocenters. The van der Waals surface area contributed by atoms with Crippen molar-refractivity contribution < 1.29 is 4.79 Å². The van der Waals surface area contributed by atoms with E-state index in [4.69, 9.17) is 0 Å². The summed E-state index contributed by atoms with van der Waals surface area (Å²) < 4.78 is 0. The van der Waals surface area contributed by atoms with Gasteiger partial charge < -0.3 is 10.6 Å². The van der Waals surface area contributed by atoms with Gasteiger partial charge in [-0.3, -0.25) is 9.89 Å². The van der Waals surface area contributed by atoms with E-state index in [0.29, 0.717) is 6.54 Å². The number of nitrogens with zero attached hydrogens (tertiary/aromatic N) is 1. The maximum atomic E-state index is 11.9. The monoisotopic (exact) mass is 258 g/mol. The van der Waals surface area contributed by atoms with Gasteiger partial charge in [0.25, 0.3) is 0 Å². The smallest absolute Gasteiger partial charge is 0.228 e. The molecule has 1 aromatic heterocycles. The average Bonchev–Trinajstić information content (AvgIpc) is 2.93. The van der Waals surface area contributed by atoms with E-state index < -0.39 is 0 Å². The van der Waals surface area contributed by atoms with Crippen LogP contribution in [0.3, 0.4) is 0 Å². The minimum Gasteiger partial charge on any atom is -0.326 e. The van der Waals surface area contributed by atoms with Crippen molar-refractivity contribution in [1.82, 2.24) is 15.5 Å². The molecule has 2 rings (SSSR count). The first kappa shape index (κ1) is 13.3. The number of carbonyl (C=O) groups is 1. The van der Waals surface area contributed by atoms with Gasteiger partial charge in [-0.25, -0.2) is 0 Å². The highest BCUT2D eigenvalue weighted by atomic mass is 16.1. The first-order valence-corrected chi connectivity index (χ1v) is 6.26. The molecule has 0 radical (unpaired) electrons. The molecule has 0 saturated heterocycles. The van der Waals surface area contributed by atoms with Gasteiger partial charge in [-0.05, 0) is 25.2 Å². The van der Waals surface area contributed by atoms with Crippen molar-refractivity contribution in [3.8, 4) is 11.3 Å². The third-order valence-corrected chi connectivity index (χ3v) is 2.90. The second-order valence-electron chi connectivity index (χ2n) is 4.50. The fourth-order valence-electron chi connectivity index (χ4n) is 1.85. The fourth-order valence-corrected chi connectivity index (χ4v) is 1.85. The van der Waals surface area contributed by atoms with Crippen LogP contribution in [0.15, 0.2) is 36.5 Å². The van der Waals surface area contributed by atoms with Crippen molar-refractivity contribution in [3.63, 3.8) is 0 Å². The topological polar surface area (TPSA) is 69.8 Å². The van der Waals surface area contributed by atoms with E-state index in [9.17, 15) is 4.79 Å². The summed E-state index contributed by atoms with van der Waals surface area (Å²) in [4.78, 5) is 11.9. The largest absolute Gasteiger partial charge is 0.326 e. The van der Waals surface area contributed by atoms with Crippen molar-refractivity contribution in [2.45, 2.75) is 6.92 Å². The molecule has 0 bridgehead atoms. The Hall–Kier alpha value is -2.14. The SMILES string of the molecule is CNCC(C)C(=O)Nc1cccc(-c2ccn[nH]2)c1. The van der Waals surface area contributed by atoms with Crippen LogP contribution in [0.1, 0.15) is 6.92 Å². The highest BCUT2D eigenvalue weighted by Crippen LogP contribution is 2.20. The van der Waals surface area contributed by atoms with Crippen molar-refractivity contribution in [3.05, 3.63) is 36.5 Å². The third-order valence-electron chi connectivity index (χ3n) is 2.90. The summed E-state index contributed by atoms with van der Waals surface area (Å²) in [5, 5.41) is 12.7. The molecule has 19 heavy (non-hydrogen) atoms.